The van der Waals surface area contributed by atoms with E-state index in [0.29, 0.717) is 25.7 Å². The van der Waals surface area contributed by atoms with Crippen LogP contribution >= 0.6 is 0 Å². The van der Waals surface area contributed by atoms with Crippen molar-refractivity contribution in [1.82, 2.24) is 5.32 Å². The molecule has 2 rings (SSSR count). The predicted octanol–water partition coefficient (Wildman–Crippen LogP) is -0.303. The number of rotatable bonds is 13. The molecule has 0 saturated carbocycles. The van der Waals surface area contributed by atoms with Gasteiger partial charge in [0.05, 0.1) is 23.9 Å². The van der Waals surface area contributed by atoms with Gasteiger partial charge < -0.3 is 54.5 Å². The van der Waals surface area contributed by atoms with Crippen molar-refractivity contribution in [3.8, 4) is 0 Å². The van der Waals surface area contributed by atoms with Gasteiger partial charge in [-0.15, -0.1) is 0 Å². The van der Waals surface area contributed by atoms with Crippen molar-refractivity contribution in [1.29, 1.82) is 0 Å². The van der Waals surface area contributed by atoms with E-state index >= 15 is 0 Å². The first kappa shape index (κ1) is 33.8. The van der Waals surface area contributed by atoms with Crippen LogP contribution in [0.25, 0.3) is 0 Å². The third-order valence-corrected chi connectivity index (χ3v) is 8.08. The van der Waals surface area contributed by atoms with E-state index in [0.717, 1.165) is 0 Å². The molecule has 0 bridgehead atoms. The second-order valence-corrected chi connectivity index (χ2v) is 10.8. The van der Waals surface area contributed by atoms with Gasteiger partial charge in [0.15, 0.2) is 12.4 Å². The van der Waals surface area contributed by atoms with Gasteiger partial charge in [0.2, 0.25) is 5.91 Å². The van der Waals surface area contributed by atoms with Crippen LogP contribution in [-0.4, -0.2) is 123 Å². The van der Waals surface area contributed by atoms with E-state index in [-0.39, 0.29) is 0 Å². The van der Waals surface area contributed by atoms with Crippen molar-refractivity contribution in [2.45, 2.75) is 140 Å². The standard InChI is InChI=1S/C26H47NO12/c1-8-11-26(6,35-7)22-15(27-13(4)29)16(30)19(14(12-28)36-22)37-24-18(32)17(31)20(21(38-24)23(33)34)39-25(5,9-2)10-3/h14-22,24,28,30-32H,8-12H2,1-7H3,(H,27,29)(H,33,34)/t14?,15?,16-,17-,18?,19-,20+,21?,22-,24-,26?/m1/s1. The Labute approximate surface area is 229 Å². The number of carboxylic acids is 1. The van der Waals surface area contributed by atoms with E-state index in [1.807, 2.05) is 20.8 Å². The number of nitrogens with one attached hydrogen (secondary N) is 1. The molecule has 0 aromatic rings. The summed E-state index contributed by atoms with van der Waals surface area (Å²) in [5, 5.41) is 55.8. The molecule has 13 nitrogen and oxygen atoms in total. The van der Waals surface area contributed by atoms with Crippen molar-refractivity contribution in [2.24, 2.45) is 0 Å². The number of carbonyl (C=O) groups is 2. The smallest absolute Gasteiger partial charge is 0.335 e. The van der Waals surface area contributed by atoms with Gasteiger partial charge in [0.25, 0.3) is 0 Å². The van der Waals surface area contributed by atoms with Crippen LogP contribution in [0.5, 0.6) is 0 Å². The van der Waals surface area contributed by atoms with Gasteiger partial charge in [0.1, 0.15) is 42.7 Å². The fourth-order valence-electron chi connectivity index (χ4n) is 5.22. The molecule has 2 aliphatic heterocycles. The Bertz CT molecular complexity index is 810. The molecule has 0 radical (unpaired) electrons. The van der Waals surface area contributed by atoms with E-state index in [1.165, 1.54) is 14.0 Å². The summed E-state index contributed by atoms with van der Waals surface area (Å²) < 4.78 is 29.2. The molecule has 0 aromatic heterocycles. The van der Waals surface area contributed by atoms with Gasteiger partial charge >= 0.3 is 5.97 Å². The van der Waals surface area contributed by atoms with Crippen LogP contribution in [0.2, 0.25) is 0 Å². The summed E-state index contributed by atoms with van der Waals surface area (Å²) in [6.07, 6.45) is -11.0. The lowest BCUT2D eigenvalue weighted by molar-refractivity contribution is -0.345. The van der Waals surface area contributed by atoms with Gasteiger partial charge in [-0.3, -0.25) is 4.79 Å². The number of ether oxygens (including phenoxy) is 5. The maximum absolute atomic E-state index is 12.1. The largest absolute Gasteiger partial charge is 0.479 e. The summed E-state index contributed by atoms with van der Waals surface area (Å²) in [4.78, 5) is 24.1. The minimum Gasteiger partial charge on any atom is -0.479 e. The summed E-state index contributed by atoms with van der Waals surface area (Å²) >= 11 is 0. The fourth-order valence-corrected chi connectivity index (χ4v) is 5.22. The Morgan fingerprint density at radius 3 is 2.05 bits per heavy atom. The highest BCUT2D eigenvalue weighted by Crippen LogP contribution is 2.37. The molecule has 6 N–H and O–H groups in total. The number of hydrogen-bond donors (Lipinski definition) is 6. The van der Waals surface area contributed by atoms with Crippen LogP contribution in [0.4, 0.5) is 0 Å². The molecule has 1 amide bonds. The maximum atomic E-state index is 12.1. The number of carbonyl (C=O) groups excluding carboxylic acids is 1. The first-order chi connectivity index (χ1) is 18.2. The zero-order chi connectivity index (χ0) is 29.7. The first-order valence-electron chi connectivity index (χ1n) is 13.6. The van der Waals surface area contributed by atoms with Crippen molar-refractivity contribution in [2.75, 3.05) is 13.7 Å². The Morgan fingerprint density at radius 1 is 0.974 bits per heavy atom. The number of aliphatic carboxylic acids is 1. The Balaban J connectivity index is 2.37. The topological polar surface area (TPSA) is 193 Å². The minimum absolute atomic E-state index is 0.464. The highest BCUT2D eigenvalue weighted by atomic mass is 16.7. The highest BCUT2D eigenvalue weighted by Gasteiger charge is 2.56. The Kier molecular flexibility index (Phi) is 12.1. The fraction of sp³-hybridized carbons (Fsp3) is 0.923. The highest BCUT2D eigenvalue weighted by molar-refractivity contribution is 5.74. The normalized spacial score (nSPS) is 37.2. The molecule has 5 unspecified atom stereocenters. The van der Waals surface area contributed by atoms with E-state index in [1.54, 1.807) is 13.8 Å². The lowest BCUT2D eigenvalue weighted by atomic mass is 9.81. The van der Waals surface area contributed by atoms with E-state index in [9.17, 15) is 35.1 Å². The second-order valence-electron chi connectivity index (χ2n) is 10.8. The zero-order valence-electron chi connectivity index (χ0n) is 23.9. The number of aliphatic hydroxyl groups is 4. The lowest BCUT2D eigenvalue weighted by Gasteiger charge is -2.51. The number of amides is 1. The summed E-state index contributed by atoms with van der Waals surface area (Å²) in [5.74, 6) is -1.91. The maximum Gasteiger partial charge on any atom is 0.335 e. The van der Waals surface area contributed by atoms with Crippen molar-refractivity contribution in [3.05, 3.63) is 0 Å². The van der Waals surface area contributed by atoms with Gasteiger partial charge in [0, 0.05) is 14.0 Å². The molecule has 13 heteroatoms. The second kappa shape index (κ2) is 14.0. The number of methoxy groups -OCH3 is 1. The predicted molar refractivity (Wildman–Crippen MR) is 137 cm³/mol. The van der Waals surface area contributed by atoms with Crippen molar-refractivity contribution < 1.29 is 58.8 Å². The molecular formula is C26H47NO12. The SMILES string of the molecule is CCCC(C)(OC)[C@@H]1OC(CO)[C@@H](O[C@@H]2OC(C(=O)O)[C@@H](OC(C)(CC)CC)[C@H](O)C2O)[C@H](O)C1NC(C)=O. The number of aliphatic hydroxyl groups excluding tert-OH is 4. The van der Waals surface area contributed by atoms with Crippen LogP contribution < -0.4 is 5.32 Å². The molecule has 0 aromatic carbocycles. The van der Waals surface area contributed by atoms with Crippen LogP contribution in [0, 0.1) is 0 Å². The van der Waals surface area contributed by atoms with E-state index < -0.39 is 90.8 Å². The van der Waals surface area contributed by atoms with Crippen molar-refractivity contribution in [3.63, 3.8) is 0 Å². The van der Waals surface area contributed by atoms with Crippen molar-refractivity contribution >= 4 is 11.9 Å². The monoisotopic (exact) mass is 565 g/mol. The molecule has 228 valence electrons. The van der Waals surface area contributed by atoms with Gasteiger partial charge in [-0.05, 0) is 33.1 Å². The lowest BCUT2D eigenvalue weighted by Crippen LogP contribution is -2.71. The van der Waals surface area contributed by atoms with Gasteiger partial charge in [-0.2, -0.15) is 0 Å². The molecule has 11 atom stereocenters. The summed E-state index contributed by atoms with van der Waals surface area (Å²) in [6.45, 7) is 9.81. The Morgan fingerprint density at radius 2 is 1.59 bits per heavy atom. The third kappa shape index (κ3) is 7.46. The molecule has 0 spiro atoms. The number of hydrogen-bond acceptors (Lipinski definition) is 11. The molecule has 2 heterocycles. The summed E-state index contributed by atoms with van der Waals surface area (Å²) in [7, 11) is 1.48. The molecule has 0 aliphatic carbocycles. The number of carboxylic acid groups (broad SMARTS) is 1. The third-order valence-electron chi connectivity index (χ3n) is 8.08. The van der Waals surface area contributed by atoms with Gasteiger partial charge in [-0.25, -0.2) is 4.79 Å². The van der Waals surface area contributed by atoms with E-state index in [2.05, 4.69) is 5.32 Å². The molecule has 2 fully saturated rings. The average Bonchev–Trinajstić information content (AvgIpc) is 2.89. The summed E-state index contributed by atoms with van der Waals surface area (Å²) in [5.41, 5.74) is -1.74. The average molecular weight is 566 g/mol. The zero-order valence-corrected chi connectivity index (χ0v) is 23.9. The minimum atomic E-state index is -1.77. The first-order valence-corrected chi connectivity index (χ1v) is 13.6. The molecular weight excluding hydrogens is 518 g/mol. The molecule has 39 heavy (non-hydrogen) atoms. The van der Waals surface area contributed by atoms with E-state index in [4.69, 9.17) is 23.7 Å². The van der Waals surface area contributed by atoms with Crippen LogP contribution in [0.1, 0.15) is 67.2 Å². The van der Waals surface area contributed by atoms with Crippen LogP contribution in [0.15, 0.2) is 0 Å². The molecule has 2 aliphatic rings. The molecule has 2 saturated heterocycles. The van der Waals surface area contributed by atoms with Crippen LogP contribution in [-0.2, 0) is 33.3 Å². The quantitative estimate of drug-likeness (QED) is 0.171. The van der Waals surface area contributed by atoms with Gasteiger partial charge in [-0.1, -0.05) is 27.2 Å². The Hall–Kier alpha value is -1.42. The van der Waals surface area contributed by atoms with Crippen LogP contribution in [0.3, 0.4) is 0 Å². The summed E-state index contributed by atoms with van der Waals surface area (Å²) in [6, 6.07) is -1.06.